The Balaban J connectivity index is 1.44. The Labute approximate surface area is 169 Å². The SMILES string of the molecule is CC(=O)c1ccc(N2CCN(C(=O)c3sccc3-c3ccccc3)CC2)cc1. The lowest BCUT2D eigenvalue weighted by Crippen LogP contribution is -2.48. The van der Waals surface area contributed by atoms with Crippen LogP contribution in [0.1, 0.15) is 27.0 Å². The molecular weight excluding hydrogens is 368 g/mol. The Kier molecular flexibility index (Phi) is 5.26. The molecule has 1 fully saturated rings. The molecule has 4 nitrogen and oxygen atoms in total. The number of hydrogen-bond acceptors (Lipinski definition) is 4. The molecule has 1 aliphatic heterocycles. The minimum absolute atomic E-state index is 0.0761. The molecule has 5 heteroatoms. The highest BCUT2D eigenvalue weighted by Crippen LogP contribution is 2.30. The average molecular weight is 391 g/mol. The molecule has 142 valence electrons. The molecule has 0 N–H and O–H groups in total. The molecule has 0 atom stereocenters. The Hall–Kier alpha value is -2.92. The highest BCUT2D eigenvalue weighted by atomic mass is 32.1. The van der Waals surface area contributed by atoms with Crippen LogP contribution in [-0.4, -0.2) is 42.8 Å². The van der Waals surface area contributed by atoms with Gasteiger partial charge in [-0.2, -0.15) is 0 Å². The van der Waals surface area contributed by atoms with Crippen molar-refractivity contribution >= 4 is 28.7 Å². The summed E-state index contributed by atoms with van der Waals surface area (Å²) in [6.45, 7) is 4.54. The molecule has 1 aromatic heterocycles. The van der Waals surface area contributed by atoms with Crippen LogP contribution in [0.15, 0.2) is 66.0 Å². The summed E-state index contributed by atoms with van der Waals surface area (Å²) in [5.74, 6) is 0.188. The van der Waals surface area contributed by atoms with Crippen molar-refractivity contribution in [2.45, 2.75) is 6.92 Å². The topological polar surface area (TPSA) is 40.6 Å². The quantitative estimate of drug-likeness (QED) is 0.612. The molecule has 0 bridgehead atoms. The average Bonchev–Trinajstić information content (AvgIpc) is 3.24. The summed E-state index contributed by atoms with van der Waals surface area (Å²) < 4.78 is 0. The summed E-state index contributed by atoms with van der Waals surface area (Å²) in [5.41, 5.74) is 3.91. The lowest BCUT2D eigenvalue weighted by Gasteiger charge is -2.36. The molecule has 2 heterocycles. The molecule has 3 aromatic rings. The third-order valence-corrected chi connectivity index (χ3v) is 6.05. The van der Waals surface area contributed by atoms with Gasteiger partial charge in [0.15, 0.2) is 5.78 Å². The van der Waals surface area contributed by atoms with Gasteiger partial charge in [-0.1, -0.05) is 30.3 Å². The summed E-state index contributed by atoms with van der Waals surface area (Å²) in [6, 6.07) is 19.8. The number of ketones is 1. The molecule has 4 rings (SSSR count). The first kappa shape index (κ1) is 18.4. The summed E-state index contributed by atoms with van der Waals surface area (Å²) in [5, 5.41) is 1.99. The summed E-state index contributed by atoms with van der Waals surface area (Å²) >= 11 is 1.51. The van der Waals surface area contributed by atoms with E-state index in [1.54, 1.807) is 6.92 Å². The molecule has 0 aliphatic carbocycles. The van der Waals surface area contributed by atoms with Crippen LogP contribution in [0.3, 0.4) is 0 Å². The Morgan fingerprint density at radius 2 is 1.54 bits per heavy atom. The maximum Gasteiger partial charge on any atom is 0.264 e. The number of carbonyl (C=O) groups is 2. The lowest BCUT2D eigenvalue weighted by molar-refractivity contribution is 0.0752. The predicted molar refractivity (Wildman–Crippen MR) is 114 cm³/mol. The van der Waals surface area contributed by atoms with Crippen LogP contribution in [-0.2, 0) is 0 Å². The van der Waals surface area contributed by atoms with Crippen molar-refractivity contribution in [1.82, 2.24) is 4.90 Å². The Bertz CT molecular complexity index is 971. The number of thiophene rings is 1. The van der Waals surface area contributed by atoms with Crippen LogP contribution < -0.4 is 4.90 Å². The van der Waals surface area contributed by atoms with Crippen molar-refractivity contribution in [3.63, 3.8) is 0 Å². The fourth-order valence-corrected chi connectivity index (χ4v) is 4.42. The second-order valence-electron chi connectivity index (χ2n) is 6.91. The van der Waals surface area contributed by atoms with Crippen LogP contribution in [0.4, 0.5) is 5.69 Å². The molecule has 0 saturated carbocycles. The fraction of sp³-hybridized carbons (Fsp3) is 0.217. The largest absolute Gasteiger partial charge is 0.368 e. The van der Waals surface area contributed by atoms with Crippen molar-refractivity contribution in [1.29, 1.82) is 0 Å². The number of hydrogen-bond donors (Lipinski definition) is 0. The molecule has 28 heavy (non-hydrogen) atoms. The fourth-order valence-electron chi connectivity index (χ4n) is 3.54. The standard InChI is InChI=1S/C23H22N2O2S/c1-17(26)18-7-9-20(10-8-18)24-12-14-25(15-13-24)23(27)22-21(11-16-28-22)19-5-3-2-4-6-19/h2-11,16H,12-15H2,1H3. The number of rotatable bonds is 4. The van der Waals surface area contributed by atoms with Gasteiger partial charge in [0, 0.05) is 43.0 Å². The second kappa shape index (κ2) is 7.98. The summed E-state index contributed by atoms with van der Waals surface area (Å²) in [6.07, 6.45) is 0. The van der Waals surface area contributed by atoms with Gasteiger partial charge < -0.3 is 9.80 Å². The molecule has 0 spiro atoms. The van der Waals surface area contributed by atoms with E-state index in [4.69, 9.17) is 0 Å². The smallest absolute Gasteiger partial charge is 0.264 e. The minimum Gasteiger partial charge on any atom is -0.368 e. The maximum atomic E-state index is 13.1. The van der Waals surface area contributed by atoms with Gasteiger partial charge in [0.25, 0.3) is 5.91 Å². The normalized spacial score (nSPS) is 14.2. The van der Waals surface area contributed by atoms with E-state index in [9.17, 15) is 9.59 Å². The predicted octanol–water partition coefficient (Wildman–Crippen LogP) is 4.58. The molecule has 0 radical (unpaired) electrons. The monoisotopic (exact) mass is 390 g/mol. The second-order valence-corrected chi connectivity index (χ2v) is 7.83. The molecule has 1 saturated heterocycles. The zero-order valence-corrected chi connectivity index (χ0v) is 16.6. The number of amides is 1. The Morgan fingerprint density at radius 3 is 2.18 bits per heavy atom. The zero-order chi connectivity index (χ0) is 19.5. The van der Waals surface area contributed by atoms with Crippen molar-refractivity contribution in [3.05, 3.63) is 76.5 Å². The van der Waals surface area contributed by atoms with Crippen LogP contribution in [0.2, 0.25) is 0 Å². The van der Waals surface area contributed by atoms with E-state index in [1.165, 1.54) is 11.3 Å². The van der Waals surface area contributed by atoms with E-state index in [0.717, 1.165) is 40.3 Å². The van der Waals surface area contributed by atoms with Crippen molar-refractivity contribution in [3.8, 4) is 11.1 Å². The molecule has 1 amide bonds. The molecular formula is C23H22N2O2S. The first-order chi connectivity index (χ1) is 13.6. The number of Topliss-reactive ketones (excluding diaryl/α,β-unsaturated/α-hetero) is 1. The number of piperazine rings is 1. The van der Waals surface area contributed by atoms with Gasteiger partial charge in [0.05, 0.1) is 4.88 Å². The highest BCUT2D eigenvalue weighted by molar-refractivity contribution is 7.12. The maximum absolute atomic E-state index is 13.1. The van der Waals surface area contributed by atoms with E-state index in [0.29, 0.717) is 13.1 Å². The van der Waals surface area contributed by atoms with Gasteiger partial charge in [-0.3, -0.25) is 9.59 Å². The molecule has 2 aromatic carbocycles. The van der Waals surface area contributed by atoms with Crippen molar-refractivity contribution < 1.29 is 9.59 Å². The van der Waals surface area contributed by atoms with E-state index in [2.05, 4.69) is 4.90 Å². The van der Waals surface area contributed by atoms with Crippen LogP contribution in [0, 0.1) is 0 Å². The van der Waals surface area contributed by atoms with Crippen LogP contribution in [0.25, 0.3) is 11.1 Å². The van der Waals surface area contributed by atoms with Crippen LogP contribution >= 0.6 is 11.3 Å². The van der Waals surface area contributed by atoms with Gasteiger partial charge >= 0.3 is 0 Å². The summed E-state index contributed by atoms with van der Waals surface area (Å²) in [7, 11) is 0. The van der Waals surface area contributed by atoms with Gasteiger partial charge in [0.2, 0.25) is 0 Å². The lowest BCUT2D eigenvalue weighted by atomic mass is 10.1. The Morgan fingerprint density at radius 1 is 0.857 bits per heavy atom. The van der Waals surface area contributed by atoms with E-state index in [-0.39, 0.29) is 11.7 Å². The third-order valence-electron chi connectivity index (χ3n) is 5.15. The number of benzene rings is 2. The van der Waals surface area contributed by atoms with Gasteiger partial charge in [-0.05, 0) is 48.2 Å². The van der Waals surface area contributed by atoms with Crippen molar-refractivity contribution in [2.24, 2.45) is 0 Å². The number of nitrogens with zero attached hydrogens (tertiary/aromatic N) is 2. The first-order valence-corrected chi connectivity index (χ1v) is 10.3. The van der Waals surface area contributed by atoms with Crippen LogP contribution in [0.5, 0.6) is 0 Å². The van der Waals surface area contributed by atoms with Gasteiger partial charge in [0.1, 0.15) is 0 Å². The van der Waals surface area contributed by atoms with Crippen molar-refractivity contribution in [2.75, 3.05) is 31.1 Å². The highest BCUT2D eigenvalue weighted by Gasteiger charge is 2.25. The first-order valence-electron chi connectivity index (χ1n) is 9.41. The van der Waals surface area contributed by atoms with E-state index in [1.807, 2.05) is 70.9 Å². The van der Waals surface area contributed by atoms with Gasteiger partial charge in [-0.25, -0.2) is 0 Å². The minimum atomic E-state index is 0.0761. The number of anilines is 1. The van der Waals surface area contributed by atoms with Gasteiger partial charge in [-0.15, -0.1) is 11.3 Å². The third kappa shape index (κ3) is 3.71. The molecule has 1 aliphatic rings. The zero-order valence-electron chi connectivity index (χ0n) is 15.8. The van der Waals surface area contributed by atoms with E-state index >= 15 is 0 Å². The number of carbonyl (C=O) groups excluding carboxylic acids is 2. The molecule has 0 unspecified atom stereocenters. The van der Waals surface area contributed by atoms with E-state index < -0.39 is 0 Å². The summed E-state index contributed by atoms with van der Waals surface area (Å²) in [4.78, 5) is 29.6.